The van der Waals surface area contributed by atoms with Crippen molar-refractivity contribution in [2.75, 3.05) is 19.0 Å². The van der Waals surface area contributed by atoms with Crippen LogP contribution in [-0.4, -0.2) is 29.7 Å². The van der Waals surface area contributed by atoms with Crippen molar-refractivity contribution < 1.29 is 22.6 Å². The number of benzene rings is 1. The van der Waals surface area contributed by atoms with Crippen molar-refractivity contribution in [3.63, 3.8) is 0 Å². The summed E-state index contributed by atoms with van der Waals surface area (Å²) in [5, 5.41) is 7.19. The van der Waals surface area contributed by atoms with Gasteiger partial charge in [-0.1, -0.05) is 6.07 Å². The molecule has 1 heterocycles. The maximum absolute atomic E-state index is 12.2. The minimum atomic E-state index is -4.38. The first-order valence-electron chi connectivity index (χ1n) is 6.47. The summed E-state index contributed by atoms with van der Waals surface area (Å²) in [6, 6.07) is 6.59. The van der Waals surface area contributed by atoms with Crippen LogP contribution in [0.3, 0.4) is 0 Å². The van der Waals surface area contributed by atoms with Crippen LogP contribution in [0.25, 0.3) is 0 Å². The SMILES string of the molecule is COc1cc(CNc2ccnn2C)ccc1OCC(F)(F)F. The number of aryl methyl sites for hydroxylation is 1. The van der Waals surface area contributed by atoms with E-state index in [1.54, 1.807) is 30.1 Å². The fraction of sp³-hybridized carbons (Fsp3) is 0.357. The van der Waals surface area contributed by atoms with Crippen molar-refractivity contribution >= 4 is 5.82 Å². The topological polar surface area (TPSA) is 48.3 Å². The number of nitrogens with zero attached hydrogens (tertiary/aromatic N) is 2. The summed E-state index contributed by atoms with van der Waals surface area (Å²) in [7, 11) is 3.19. The molecule has 1 aromatic heterocycles. The molecule has 2 rings (SSSR count). The molecule has 0 bridgehead atoms. The predicted octanol–water partition coefficient (Wildman–Crippen LogP) is 2.98. The lowest BCUT2D eigenvalue weighted by molar-refractivity contribution is -0.153. The van der Waals surface area contributed by atoms with Crippen molar-refractivity contribution in [3.05, 3.63) is 36.0 Å². The van der Waals surface area contributed by atoms with Crippen LogP contribution >= 0.6 is 0 Å². The zero-order valence-electron chi connectivity index (χ0n) is 12.1. The van der Waals surface area contributed by atoms with Gasteiger partial charge in [0.25, 0.3) is 0 Å². The van der Waals surface area contributed by atoms with E-state index in [0.717, 1.165) is 11.4 Å². The van der Waals surface area contributed by atoms with Crippen molar-refractivity contribution in [2.45, 2.75) is 12.7 Å². The summed E-state index contributed by atoms with van der Waals surface area (Å²) in [4.78, 5) is 0. The molecule has 120 valence electrons. The van der Waals surface area contributed by atoms with E-state index in [1.165, 1.54) is 13.2 Å². The first-order valence-corrected chi connectivity index (χ1v) is 6.47. The molecule has 0 aliphatic rings. The Kier molecular flexibility index (Phi) is 4.79. The normalized spacial score (nSPS) is 11.3. The van der Waals surface area contributed by atoms with E-state index in [2.05, 4.69) is 10.4 Å². The highest BCUT2D eigenvalue weighted by atomic mass is 19.4. The predicted molar refractivity (Wildman–Crippen MR) is 75.1 cm³/mol. The number of methoxy groups -OCH3 is 1. The summed E-state index contributed by atoms with van der Waals surface area (Å²) < 4.78 is 48.0. The number of hydrogen-bond acceptors (Lipinski definition) is 4. The standard InChI is InChI=1S/C14H16F3N3O2/c1-20-13(5-6-19-20)18-8-10-3-4-11(12(7-10)21-2)22-9-14(15,16)17/h3-7,18H,8-9H2,1-2H3. The van der Waals surface area contributed by atoms with Gasteiger partial charge in [0.15, 0.2) is 18.1 Å². The molecule has 0 spiro atoms. The van der Waals surface area contributed by atoms with Crippen LogP contribution in [0.15, 0.2) is 30.5 Å². The number of hydrogen-bond donors (Lipinski definition) is 1. The molecule has 0 radical (unpaired) electrons. The third-order valence-electron chi connectivity index (χ3n) is 2.91. The van der Waals surface area contributed by atoms with E-state index < -0.39 is 12.8 Å². The Morgan fingerprint density at radius 1 is 1.23 bits per heavy atom. The number of halogens is 3. The highest BCUT2D eigenvalue weighted by Crippen LogP contribution is 2.30. The van der Waals surface area contributed by atoms with Crippen LogP contribution in [0.1, 0.15) is 5.56 Å². The molecule has 0 fully saturated rings. The Hall–Kier alpha value is -2.38. The summed E-state index contributed by atoms with van der Waals surface area (Å²) in [5.41, 5.74) is 0.845. The number of alkyl halides is 3. The Labute approximate surface area is 125 Å². The molecule has 0 aliphatic heterocycles. The van der Waals surface area contributed by atoms with Gasteiger partial charge in [-0.3, -0.25) is 4.68 Å². The van der Waals surface area contributed by atoms with Gasteiger partial charge in [0, 0.05) is 19.7 Å². The van der Waals surface area contributed by atoms with Crippen LogP contribution < -0.4 is 14.8 Å². The summed E-state index contributed by atoms with van der Waals surface area (Å²) in [5.74, 6) is 1.15. The third-order valence-corrected chi connectivity index (χ3v) is 2.91. The quantitative estimate of drug-likeness (QED) is 0.890. The highest BCUT2D eigenvalue weighted by molar-refractivity contribution is 5.44. The van der Waals surface area contributed by atoms with Gasteiger partial charge < -0.3 is 14.8 Å². The molecule has 8 heteroatoms. The Morgan fingerprint density at radius 2 is 2.00 bits per heavy atom. The average molecular weight is 315 g/mol. The van der Waals surface area contributed by atoms with E-state index in [4.69, 9.17) is 9.47 Å². The number of anilines is 1. The van der Waals surface area contributed by atoms with Crippen LogP contribution in [0, 0.1) is 0 Å². The summed E-state index contributed by atoms with van der Waals surface area (Å²) in [6.07, 6.45) is -2.72. The molecule has 0 atom stereocenters. The maximum atomic E-state index is 12.2. The molecular formula is C14H16F3N3O2. The van der Waals surface area contributed by atoms with Crippen molar-refractivity contribution in [1.82, 2.24) is 9.78 Å². The van der Waals surface area contributed by atoms with E-state index in [1.807, 2.05) is 6.07 Å². The van der Waals surface area contributed by atoms with E-state index in [9.17, 15) is 13.2 Å². The van der Waals surface area contributed by atoms with Crippen molar-refractivity contribution in [2.24, 2.45) is 7.05 Å². The number of ether oxygens (including phenoxy) is 2. The molecule has 0 amide bonds. The smallest absolute Gasteiger partial charge is 0.422 e. The Morgan fingerprint density at radius 3 is 2.59 bits per heavy atom. The van der Waals surface area contributed by atoms with Gasteiger partial charge >= 0.3 is 6.18 Å². The number of aromatic nitrogens is 2. The van der Waals surface area contributed by atoms with Crippen molar-refractivity contribution in [3.8, 4) is 11.5 Å². The lowest BCUT2D eigenvalue weighted by atomic mass is 10.2. The third kappa shape index (κ3) is 4.31. The summed E-state index contributed by atoms with van der Waals surface area (Å²) in [6.45, 7) is -0.870. The molecular weight excluding hydrogens is 299 g/mol. The molecule has 1 aromatic carbocycles. The van der Waals surface area contributed by atoms with Crippen LogP contribution in [-0.2, 0) is 13.6 Å². The molecule has 0 saturated carbocycles. The van der Waals surface area contributed by atoms with Crippen LogP contribution in [0.2, 0.25) is 0 Å². The molecule has 0 aliphatic carbocycles. The molecule has 5 nitrogen and oxygen atoms in total. The van der Waals surface area contributed by atoms with Gasteiger partial charge in [-0.2, -0.15) is 18.3 Å². The minimum absolute atomic E-state index is 0.0594. The lowest BCUT2D eigenvalue weighted by Gasteiger charge is -2.14. The monoisotopic (exact) mass is 315 g/mol. The fourth-order valence-electron chi connectivity index (χ4n) is 1.84. The van der Waals surface area contributed by atoms with Crippen LogP contribution in [0.5, 0.6) is 11.5 Å². The zero-order chi connectivity index (χ0) is 16.2. The number of rotatable bonds is 6. The van der Waals surface area contributed by atoms with Gasteiger partial charge in [0.1, 0.15) is 5.82 Å². The van der Waals surface area contributed by atoms with E-state index in [0.29, 0.717) is 6.54 Å². The molecule has 0 unspecified atom stereocenters. The second-order valence-corrected chi connectivity index (χ2v) is 4.58. The second-order valence-electron chi connectivity index (χ2n) is 4.58. The Balaban J connectivity index is 2.03. The van der Waals surface area contributed by atoms with Gasteiger partial charge in [-0.25, -0.2) is 0 Å². The van der Waals surface area contributed by atoms with Gasteiger partial charge in [-0.05, 0) is 17.7 Å². The molecule has 22 heavy (non-hydrogen) atoms. The molecule has 2 aromatic rings. The van der Waals surface area contributed by atoms with Gasteiger partial charge in [-0.15, -0.1) is 0 Å². The first kappa shape index (κ1) is 16.0. The summed E-state index contributed by atoms with van der Waals surface area (Å²) >= 11 is 0. The largest absolute Gasteiger partial charge is 0.493 e. The van der Waals surface area contributed by atoms with Crippen molar-refractivity contribution in [1.29, 1.82) is 0 Å². The fourth-order valence-corrected chi connectivity index (χ4v) is 1.84. The second kappa shape index (κ2) is 6.59. The van der Waals surface area contributed by atoms with Crippen LogP contribution in [0.4, 0.5) is 19.0 Å². The maximum Gasteiger partial charge on any atom is 0.422 e. The average Bonchev–Trinajstić information content (AvgIpc) is 2.87. The zero-order valence-corrected chi connectivity index (χ0v) is 12.1. The lowest BCUT2D eigenvalue weighted by Crippen LogP contribution is -2.19. The first-order chi connectivity index (χ1) is 10.4. The molecule has 0 saturated heterocycles. The number of nitrogens with one attached hydrogen (secondary N) is 1. The Bertz CT molecular complexity index is 626. The van der Waals surface area contributed by atoms with E-state index in [-0.39, 0.29) is 11.5 Å². The highest BCUT2D eigenvalue weighted by Gasteiger charge is 2.29. The molecule has 1 N–H and O–H groups in total. The van der Waals surface area contributed by atoms with Gasteiger partial charge in [0.2, 0.25) is 0 Å². The van der Waals surface area contributed by atoms with E-state index >= 15 is 0 Å². The van der Waals surface area contributed by atoms with Gasteiger partial charge in [0.05, 0.1) is 13.3 Å². The minimum Gasteiger partial charge on any atom is -0.493 e.